The van der Waals surface area contributed by atoms with E-state index in [0.717, 1.165) is 17.0 Å². The number of amides is 1. The maximum Gasteiger partial charge on any atom is 0.269 e. The van der Waals surface area contributed by atoms with E-state index >= 15 is 0 Å². The van der Waals surface area contributed by atoms with E-state index in [9.17, 15) is 22.0 Å². The summed E-state index contributed by atoms with van der Waals surface area (Å²) in [6, 6.07) is 10.0. The number of sulfone groups is 1. The van der Waals surface area contributed by atoms with Gasteiger partial charge in [0.1, 0.15) is 11.5 Å². The zero-order chi connectivity index (χ0) is 19.1. The Bertz CT molecular complexity index is 1110. The zero-order valence-electron chi connectivity index (χ0n) is 13.5. The van der Waals surface area contributed by atoms with Gasteiger partial charge in [-0.05, 0) is 30.3 Å². The summed E-state index contributed by atoms with van der Waals surface area (Å²) < 4.78 is 51.6. The highest BCUT2D eigenvalue weighted by Crippen LogP contribution is 2.27. The molecule has 26 heavy (non-hydrogen) atoms. The number of nitrogens with two attached hydrogens (primary N) is 1. The fraction of sp³-hybridized carbons (Fsp3) is 0.0588. The molecular weight excluding hydrogens is 364 g/mol. The molecule has 1 heterocycles. The number of primary amides is 1. The van der Waals surface area contributed by atoms with Gasteiger partial charge in [-0.3, -0.25) is 4.79 Å². The minimum absolute atomic E-state index is 0.0823. The molecule has 0 saturated heterocycles. The molecule has 134 valence electrons. The van der Waals surface area contributed by atoms with Crippen molar-refractivity contribution >= 4 is 15.7 Å². The van der Waals surface area contributed by atoms with Gasteiger partial charge in [-0.25, -0.2) is 21.9 Å². The first-order valence-corrected chi connectivity index (χ1v) is 9.22. The van der Waals surface area contributed by atoms with Crippen molar-refractivity contribution in [3.63, 3.8) is 0 Å². The molecule has 0 radical (unpaired) electrons. The maximum atomic E-state index is 14.2. The Kier molecular flexibility index (Phi) is 4.33. The van der Waals surface area contributed by atoms with Gasteiger partial charge in [-0.2, -0.15) is 5.10 Å². The number of hydrogen-bond donors (Lipinski definition) is 1. The summed E-state index contributed by atoms with van der Waals surface area (Å²) in [5, 5.41) is 3.98. The second kappa shape index (κ2) is 6.34. The van der Waals surface area contributed by atoms with Crippen molar-refractivity contribution in [2.75, 3.05) is 6.26 Å². The molecule has 3 aromatic rings. The van der Waals surface area contributed by atoms with Crippen molar-refractivity contribution in [2.24, 2.45) is 5.73 Å². The van der Waals surface area contributed by atoms with E-state index in [1.165, 1.54) is 36.4 Å². The normalized spacial score (nSPS) is 11.5. The number of hydrogen-bond acceptors (Lipinski definition) is 4. The SMILES string of the molecule is CS(=O)(=O)c1ccc(-c2cc(C(N)=O)nn2-c2ccc(F)cc2F)cc1. The van der Waals surface area contributed by atoms with Gasteiger partial charge in [0.2, 0.25) is 0 Å². The Morgan fingerprint density at radius 2 is 1.73 bits per heavy atom. The van der Waals surface area contributed by atoms with Gasteiger partial charge in [-0.1, -0.05) is 12.1 Å². The Morgan fingerprint density at radius 1 is 1.08 bits per heavy atom. The zero-order valence-corrected chi connectivity index (χ0v) is 14.3. The molecule has 0 bridgehead atoms. The molecule has 0 aliphatic carbocycles. The van der Waals surface area contributed by atoms with Crippen LogP contribution < -0.4 is 5.73 Å². The van der Waals surface area contributed by atoms with Crippen LogP contribution in [0, 0.1) is 11.6 Å². The summed E-state index contributed by atoms with van der Waals surface area (Å²) in [5.41, 5.74) is 5.82. The van der Waals surface area contributed by atoms with Gasteiger partial charge in [-0.15, -0.1) is 0 Å². The Hall–Kier alpha value is -3.07. The topological polar surface area (TPSA) is 95.0 Å². The number of nitrogens with zero attached hydrogens (tertiary/aromatic N) is 2. The number of benzene rings is 2. The highest BCUT2D eigenvalue weighted by molar-refractivity contribution is 7.90. The van der Waals surface area contributed by atoms with E-state index in [0.29, 0.717) is 17.3 Å². The minimum atomic E-state index is -3.38. The molecule has 3 rings (SSSR count). The van der Waals surface area contributed by atoms with Crippen molar-refractivity contribution in [3.05, 3.63) is 65.9 Å². The first kappa shape index (κ1) is 17.7. The lowest BCUT2D eigenvalue weighted by Crippen LogP contribution is -2.12. The van der Waals surface area contributed by atoms with Crippen LogP contribution >= 0.6 is 0 Å². The molecule has 0 unspecified atom stereocenters. The van der Waals surface area contributed by atoms with Crippen molar-refractivity contribution in [1.82, 2.24) is 9.78 Å². The summed E-state index contributed by atoms with van der Waals surface area (Å²) in [7, 11) is -3.38. The molecule has 2 aromatic carbocycles. The minimum Gasteiger partial charge on any atom is -0.364 e. The molecule has 0 aliphatic heterocycles. The van der Waals surface area contributed by atoms with E-state index in [1.807, 2.05) is 0 Å². The van der Waals surface area contributed by atoms with Crippen LogP contribution in [0.3, 0.4) is 0 Å². The summed E-state index contributed by atoms with van der Waals surface area (Å²) in [6.07, 6.45) is 1.07. The largest absolute Gasteiger partial charge is 0.364 e. The molecule has 1 amide bonds. The van der Waals surface area contributed by atoms with Crippen LogP contribution in [0.15, 0.2) is 53.4 Å². The molecular formula is C17H13F2N3O3S. The fourth-order valence-electron chi connectivity index (χ4n) is 2.42. The van der Waals surface area contributed by atoms with Gasteiger partial charge in [0.05, 0.1) is 10.6 Å². The van der Waals surface area contributed by atoms with Gasteiger partial charge < -0.3 is 5.73 Å². The second-order valence-electron chi connectivity index (χ2n) is 5.58. The van der Waals surface area contributed by atoms with E-state index in [1.54, 1.807) is 0 Å². The Labute approximate surface area is 147 Å². The first-order chi connectivity index (χ1) is 12.2. The number of halogens is 2. The Balaban J connectivity index is 2.19. The summed E-state index contributed by atoms with van der Waals surface area (Å²) in [6.45, 7) is 0. The average molecular weight is 377 g/mol. The van der Waals surface area contributed by atoms with Crippen LogP contribution in [-0.2, 0) is 9.84 Å². The summed E-state index contributed by atoms with van der Waals surface area (Å²) >= 11 is 0. The van der Waals surface area contributed by atoms with Crippen molar-refractivity contribution in [1.29, 1.82) is 0 Å². The summed E-state index contributed by atoms with van der Waals surface area (Å²) in [5.74, 6) is -2.45. The number of carbonyl (C=O) groups is 1. The second-order valence-corrected chi connectivity index (χ2v) is 7.60. The molecule has 0 saturated carbocycles. The van der Waals surface area contributed by atoms with Crippen molar-refractivity contribution in [2.45, 2.75) is 4.90 Å². The van der Waals surface area contributed by atoms with Crippen LogP contribution in [0.1, 0.15) is 10.5 Å². The van der Waals surface area contributed by atoms with Crippen LogP contribution in [0.5, 0.6) is 0 Å². The van der Waals surface area contributed by atoms with Gasteiger partial charge in [0.25, 0.3) is 5.91 Å². The molecule has 9 heteroatoms. The van der Waals surface area contributed by atoms with Crippen LogP contribution in [-0.4, -0.2) is 30.4 Å². The molecule has 2 N–H and O–H groups in total. The maximum absolute atomic E-state index is 14.2. The molecule has 0 aliphatic rings. The highest BCUT2D eigenvalue weighted by Gasteiger charge is 2.18. The van der Waals surface area contributed by atoms with E-state index < -0.39 is 27.4 Å². The number of aromatic nitrogens is 2. The van der Waals surface area contributed by atoms with E-state index in [4.69, 9.17) is 5.73 Å². The third-order valence-corrected chi connectivity index (χ3v) is 4.81. The highest BCUT2D eigenvalue weighted by atomic mass is 32.2. The average Bonchev–Trinajstić information content (AvgIpc) is 2.99. The number of rotatable bonds is 4. The molecule has 6 nitrogen and oxygen atoms in total. The van der Waals surface area contributed by atoms with E-state index in [-0.39, 0.29) is 16.3 Å². The standard InChI is InChI=1S/C17H13F2N3O3S/c1-26(24,25)12-5-2-10(3-6-12)16-9-14(17(20)23)21-22(16)15-7-4-11(18)8-13(15)19/h2-9H,1H3,(H2,20,23). The quantitative estimate of drug-likeness (QED) is 0.755. The van der Waals surface area contributed by atoms with Crippen molar-refractivity contribution < 1.29 is 22.0 Å². The molecule has 0 spiro atoms. The number of carbonyl (C=O) groups excluding carboxylic acids is 1. The van der Waals surface area contributed by atoms with Gasteiger partial charge >= 0.3 is 0 Å². The first-order valence-electron chi connectivity index (χ1n) is 7.32. The predicted octanol–water partition coefficient (Wildman–Crippen LogP) is 2.32. The van der Waals surface area contributed by atoms with Gasteiger partial charge in [0, 0.05) is 17.9 Å². The lowest BCUT2D eigenvalue weighted by molar-refractivity contribution is 0.0995. The molecule has 0 atom stereocenters. The van der Waals surface area contributed by atoms with Crippen LogP contribution in [0.25, 0.3) is 16.9 Å². The van der Waals surface area contributed by atoms with Crippen LogP contribution in [0.2, 0.25) is 0 Å². The molecule has 1 aromatic heterocycles. The fourth-order valence-corrected chi connectivity index (χ4v) is 3.05. The Morgan fingerprint density at radius 3 is 2.27 bits per heavy atom. The predicted molar refractivity (Wildman–Crippen MR) is 90.5 cm³/mol. The smallest absolute Gasteiger partial charge is 0.269 e. The lowest BCUT2D eigenvalue weighted by atomic mass is 10.1. The van der Waals surface area contributed by atoms with Gasteiger partial charge in [0.15, 0.2) is 21.3 Å². The molecule has 0 fully saturated rings. The van der Waals surface area contributed by atoms with Crippen molar-refractivity contribution in [3.8, 4) is 16.9 Å². The lowest BCUT2D eigenvalue weighted by Gasteiger charge is -2.09. The summed E-state index contributed by atoms with van der Waals surface area (Å²) in [4.78, 5) is 11.6. The van der Waals surface area contributed by atoms with Crippen LogP contribution in [0.4, 0.5) is 8.78 Å². The third-order valence-electron chi connectivity index (χ3n) is 3.68. The third kappa shape index (κ3) is 3.33. The monoisotopic (exact) mass is 377 g/mol. The van der Waals surface area contributed by atoms with E-state index in [2.05, 4.69) is 5.10 Å².